The molecular formula is C22H23N3O4S. The third kappa shape index (κ3) is 3.62. The van der Waals surface area contributed by atoms with Crippen molar-refractivity contribution in [3.8, 4) is 5.75 Å². The number of benzene rings is 1. The summed E-state index contributed by atoms with van der Waals surface area (Å²) >= 11 is 0. The maximum Gasteiger partial charge on any atom is 0.247 e. The topological polar surface area (TPSA) is 75.9 Å². The summed E-state index contributed by atoms with van der Waals surface area (Å²) in [6.45, 7) is 2.58. The van der Waals surface area contributed by atoms with E-state index in [2.05, 4.69) is 9.88 Å². The van der Waals surface area contributed by atoms with Crippen LogP contribution in [-0.2, 0) is 23.1 Å². The van der Waals surface area contributed by atoms with Gasteiger partial charge in [-0.1, -0.05) is 18.2 Å². The van der Waals surface area contributed by atoms with E-state index in [0.29, 0.717) is 24.5 Å². The van der Waals surface area contributed by atoms with Crippen LogP contribution in [0.1, 0.15) is 17.9 Å². The summed E-state index contributed by atoms with van der Waals surface area (Å²) in [4.78, 5) is 6.79. The lowest BCUT2D eigenvalue weighted by Gasteiger charge is -2.32. The molecule has 1 atom stereocenters. The van der Waals surface area contributed by atoms with Gasteiger partial charge in [0, 0.05) is 25.7 Å². The highest BCUT2D eigenvalue weighted by Crippen LogP contribution is 2.39. The normalized spacial score (nSPS) is 23.7. The average molecular weight is 426 g/mol. The Bertz CT molecular complexity index is 1120. The number of furan rings is 1. The number of likely N-dealkylation sites (tertiary alicyclic amines) is 1. The van der Waals surface area contributed by atoms with Crippen molar-refractivity contribution in [2.75, 3.05) is 19.6 Å². The molecule has 7 nitrogen and oxygen atoms in total. The zero-order valence-electron chi connectivity index (χ0n) is 16.5. The molecule has 3 aromatic rings. The van der Waals surface area contributed by atoms with E-state index in [1.165, 1.54) is 4.31 Å². The summed E-state index contributed by atoms with van der Waals surface area (Å²) in [7, 11) is -3.72. The minimum Gasteiger partial charge on any atom is -0.483 e. The molecule has 0 N–H and O–H groups in total. The number of nitrogens with zero attached hydrogens (tertiary/aromatic N) is 3. The molecule has 2 aromatic heterocycles. The summed E-state index contributed by atoms with van der Waals surface area (Å²) < 4.78 is 40.4. The quantitative estimate of drug-likeness (QED) is 0.640. The van der Waals surface area contributed by atoms with Crippen molar-refractivity contribution in [3.05, 3.63) is 78.5 Å². The second kappa shape index (κ2) is 7.54. The molecule has 0 unspecified atom stereocenters. The fourth-order valence-corrected chi connectivity index (χ4v) is 5.87. The first-order valence-electron chi connectivity index (χ1n) is 9.97. The van der Waals surface area contributed by atoms with Gasteiger partial charge in [-0.05, 0) is 36.4 Å². The highest BCUT2D eigenvalue weighted by atomic mass is 32.2. The summed E-state index contributed by atoms with van der Waals surface area (Å²) in [5.74, 6) is 1.31. The fourth-order valence-electron chi connectivity index (χ4n) is 4.27. The predicted octanol–water partition coefficient (Wildman–Crippen LogP) is 2.90. The third-order valence-corrected chi connectivity index (χ3v) is 7.51. The third-order valence-electron chi connectivity index (χ3n) is 5.68. The molecule has 30 heavy (non-hydrogen) atoms. The van der Waals surface area contributed by atoms with Crippen LogP contribution in [0.15, 0.2) is 76.4 Å². The molecule has 156 valence electrons. The lowest BCUT2D eigenvalue weighted by Crippen LogP contribution is -2.49. The van der Waals surface area contributed by atoms with Crippen molar-refractivity contribution in [1.29, 1.82) is 0 Å². The zero-order chi connectivity index (χ0) is 20.6. The van der Waals surface area contributed by atoms with Gasteiger partial charge in [0.25, 0.3) is 0 Å². The van der Waals surface area contributed by atoms with Crippen LogP contribution in [0.25, 0.3) is 0 Å². The van der Waals surface area contributed by atoms with E-state index in [9.17, 15) is 8.42 Å². The van der Waals surface area contributed by atoms with Gasteiger partial charge in [0.15, 0.2) is 0 Å². The Hall–Kier alpha value is -2.68. The average Bonchev–Trinajstić information content (AvgIpc) is 3.37. The standard InChI is InChI=1S/C22H23N3O4S/c26-30(27)21-9-2-1-8-20(21)29-22(17-25(30)14-18-6-3-4-11-23-18)10-12-24(16-22)15-19-7-5-13-28-19/h1-9,11,13H,10,12,14-17H2/t22-/m1/s1. The maximum absolute atomic E-state index is 13.5. The molecule has 1 aromatic carbocycles. The first kappa shape index (κ1) is 19.3. The maximum atomic E-state index is 13.5. The molecule has 1 spiro atoms. The Morgan fingerprint density at radius 1 is 1.00 bits per heavy atom. The Kier molecular flexibility index (Phi) is 4.85. The van der Waals surface area contributed by atoms with E-state index in [0.717, 1.165) is 18.7 Å². The number of pyridine rings is 1. The molecule has 2 aliphatic rings. The molecule has 0 amide bonds. The van der Waals surface area contributed by atoms with Crippen molar-refractivity contribution >= 4 is 10.0 Å². The SMILES string of the molecule is O=S1(=O)c2ccccc2O[C@@]2(CCN(Cc3ccco3)C2)CN1Cc1ccccn1. The Morgan fingerprint density at radius 3 is 2.67 bits per heavy atom. The van der Waals surface area contributed by atoms with Gasteiger partial charge in [0.2, 0.25) is 10.0 Å². The van der Waals surface area contributed by atoms with Gasteiger partial charge in [0.05, 0.1) is 31.6 Å². The molecule has 0 saturated carbocycles. The number of rotatable bonds is 4. The van der Waals surface area contributed by atoms with E-state index >= 15 is 0 Å². The highest BCUT2D eigenvalue weighted by Gasteiger charge is 2.47. The Morgan fingerprint density at radius 2 is 1.87 bits per heavy atom. The summed E-state index contributed by atoms with van der Waals surface area (Å²) in [5.41, 5.74) is 0.0853. The Labute approximate surface area is 175 Å². The summed E-state index contributed by atoms with van der Waals surface area (Å²) in [6, 6.07) is 16.3. The molecule has 0 aliphatic carbocycles. The fraction of sp³-hybridized carbons (Fsp3) is 0.318. The molecule has 1 saturated heterocycles. The van der Waals surface area contributed by atoms with Gasteiger partial charge < -0.3 is 9.15 Å². The predicted molar refractivity (Wildman–Crippen MR) is 110 cm³/mol. The van der Waals surface area contributed by atoms with Crippen LogP contribution < -0.4 is 4.74 Å². The number of fused-ring (bicyclic) bond motifs is 1. The van der Waals surface area contributed by atoms with Crippen molar-refractivity contribution < 1.29 is 17.6 Å². The van der Waals surface area contributed by atoms with Gasteiger partial charge >= 0.3 is 0 Å². The zero-order valence-corrected chi connectivity index (χ0v) is 17.3. The van der Waals surface area contributed by atoms with Crippen LogP contribution in [0.3, 0.4) is 0 Å². The van der Waals surface area contributed by atoms with Gasteiger partial charge in [-0.2, -0.15) is 4.31 Å². The molecule has 5 rings (SSSR count). The highest BCUT2D eigenvalue weighted by molar-refractivity contribution is 7.89. The minimum atomic E-state index is -3.72. The van der Waals surface area contributed by atoms with Crippen molar-refractivity contribution in [1.82, 2.24) is 14.2 Å². The van der Waals surface area contributed by atoms with Crippen molar-refractivity contribution in [2.24, 2.45) is 0 Å². The van der Waals surface area contributed by atoms with Crippen LogP contribution in [0.4, 0.5) is 0 Å². The summed E-state index contributed by atoms with van der Waals surface area (Å²) in [6.07, 6.45) is 4.08. The first-order valence-corrected chi connectivity index (χ1v) is 11.4. The van der Waals surface area contributed by atoms with Crippen molar-refractivity contribution in [2.45, 2.75) is 30.0 Å². The molecular weight excluding hydrogens is 402 g/mol. The van der Waals surface area contributed by atoms with Gasteiger partial charge in [-0.15, -0.1) is 0 Å². The van der Waals surface area contributed by atoms with Gasteiger partial charge in [-0.25, -0.2) is 8.42 Å². The number of ether oxygens (including phenoxy) is 1. The summed E-state index contributed by atoms with van der Waals surface area (Å²) in [5, 5.41) is 0. The van der Waals surface area contributed by atoms with Crippen LogP contribution in [-0.4, -0.2) is 47.8 Å². The second-order valence-electron chi connectivity index (χ2n) is 7.87. The number of para-hydroxylation sites is 1. The Balaban J connectivity index is 1.49. The number of hydrogen-bond acceptors (Lipinski definition) is 6. The molecule has 0 radical (unpaired) electrons. The first-order chi connectivity index (χ1) is 14.5. The van der Waals surface area contributed by atoms with Gasteiger partial charge in [-0.3, -0.25) is 9.88 Å². The molecule has 0 bridgehead atoms. The number of sulfonamides is 1. The second-order valence-corrected chi connectivity index (χ2v) is 9.77. The number of hydrogen-bond donors (Lipinski definition) is 0. The lowest BCUT2D eigenvalue weighted by molar-refractivity contribution is 0.0561. The van der Waals surface area contributed by atoms with E-state index < -0.39 is 15.6 Å². The van der Waals surface area contributed by atoms with Crippen LogP contribution >= 0.6 is 0 Å². The largest absolute Gasteiger partial charge is 0.483 e. The van der Waals surface area contributed by atoms with E-state index in [-0.39, 0.29) is 18.0 Å². The lowest BCUT2D eigenvalue weighted by atomic mass is 10.0. The number of aromatic nitrogens is 1. The molecule has 4 heterocycles. The van der Waals surface area contributed by atoms with Crippen molar-refractivity contribution in [3.63, 3.8) is 0 Å². The minimum absolute atomic E-state index is 0.209. The van der Waals surface area contributed by atoms with E-state index in [1.54, 1.807) is 30.7 Å². The monoisotopic (exact) mass is 425 g/mol. The van der Waals surface area contributed by atoms with E-state index in [1.807, 2.05) is 36.4 Å². The molecule has 2 aliphatic heterocycles. The van der Waals surface area contributed by atoms with Gasteiger partial charge in [0.1, 0.15) is 22.0 Å². The van der Waals surface area contributed by atoms with Crippen LogP contribution in [0.5, 0.6) is 5.75 Å². The molecule has 1 fully saturated rings. The smallest absolute Gasteiger partial charge is 0.247 e. The van der Waals surface area contributed by atoms with Crippen LogP contribution in [0, 0.1) is 0 Å². The van der Waals surface area contributed by atoms with E-state index in [4.69, 9.17) is 9.15 Å². The molecule has 8 heteroatoms. The van der Waals surface area contributed by atoms with Crippen LogP contribution in [0.2, 0.25) is 0 Å².